The van der Waals surface area contributed by atoms with Gasteiger partial charge in [0.1, 0.15) is 22.8 Å². The maximum absolute atomic E-state index is 14.0. The van der Waals surface area contributed by atoms with Crippen molar-refractivity contribution >= 4 is 28.9 Å². The number of primary amides is 1. The average molecular weight is 535 g/mol. The molecule has 0 spiro atoms. The highest BCUT2D eigenvalue weighted by Crippen LogP contribution is 2.54. The lowest BCUT2D eigenvalue weighted by atomic mass is 9.57. The predicted molar refractivity (Wildman–Crippen MR) is 142 cm³/mol. The molecule has 3 aliphatic rings. The van der Waals surface area contributed by atoms with Gasteiger partial charge >= 0.3 is 0 Å². The number of ketones is 2. The van der Waals surface area contributed by atoms with Gasteiger partial charge in [-0.3, -0.25) is 24.3 Å². The van der Waals surface area contributed by atoms with E-state index in [1.54, 1.807) is 57.5 Å². The molecule has 2 aromatic rings. The van der Waals surface area contributed by atoms with Crippen LogP contribution in [-0.2, 0) is 20.8 Å². The number of aromatic nitrogens is 1. The Balaban J connectivity index is 1.79. The van der Waals surface area contributed by atoms with Crippen LogP contribution in [0, 0.1) is 11.8 Å². The molecule has 1 fully saturated rings. The van der Waals surface area contributed by atoms with Crippen molar-refractivity contribution in [2.24, 2.45) is 17.6 Å². The normalized spacial score (nSPS) is 26.4. The van der Waals surface area contributed by atoms with Gasteiger partial charge in [-0.25, -0.2) is 0 Å². The van der Waals surface area contributed by atoms with E-state index in [4.69, 9.17) is 5.73 Å². The largest absolute Gasteiger partial charge is 0.508 e. The number of likely N-dealkylation sites (N-methyl/N-ethyl adjacent to an activating group) is 1. The molecule has 0 aliphatic heterocycles. The lowest BCUT2D eigenvalue weighted by molar-refractivity contribution is -0.153. The number of aliphatic hydroxyl groups is 3. The number of phenols is 1. The molecule has 11 heteroatoms. The number of benzene rings is 1. The maximum Gasteiger partial charge on any atom is 0.255 e. The number of hydrogen-bond acceptors (Lipinski definition) is 10. The van der Waals surface area contributed by atoms with Crippen molar-refractivity contribution in [3.63, 3.8) is 0 Å². The molecule has 5 rings (SSSR count). The zero-order valence-electron chi connectivity index (χ0n) is 22.0. The number of aliphatic hydroxyl groups excluding tert-OH is 2. The van der Waals surface area contributed by atoms with Gasteiger partial charge in [0.25, 0.3) is 5.91 Å². The Morgan fingerprint density at radius 3 is 2.38 bits per heavy atom. The van der Waals surface area contributed by atoms with Gasteiger partial charge in [-0.2, -0.15) is 0 Å². The van der Waals surface area contributed by atoms with Crippen LogP contribution in [-0.4, -0.2) is 87.6 Å². The van der Waals surface area contributed by atoms with Gasteiger partial charge < -0.3 is 31.1 Å². The minimum atomic E-state index is -2.68. The molecule has 4 atom stereocenters. The SMILES string of the molecule is CN(C)c1cc(-c2ccccn2)c2c(c1O)C(O)=C1C(=O)[C@]3(O)C(O)=C(C(N)=O)C(=O)[C@@H](N(C)C)[C@@H]3C[C@@H]1C2. The number of nitrogens with zero attached hydrogens (tertiary/aromatic N) is 3. The summed E-state index contributed by atoms with van der Waals surface area (Å²) >= 11 is 0. The van der Waals surface area contributed by atoms with Gasteiger partial charge in [0.15, 0.2) is 11.4 Å². The Bertz CT molecular complexity index is 1490. The first kappa shape index (κ1) is 26.4. The van der Waals surface area contributed by atoms with E-state index in [0.29, 0.717) is 22.5 Å². The van der Waals surface area contributed by atoms with Crippen molar-refractivity contribution in [1.29, 1.82) is 0 Å². The van der Waals surface area contributed by atoms with E-state index in [0.717, 1.165) is 0 Å². The molecule has 1 aromatic carbocycles. The predicted octanol–water partition coefficient (Wildman–Crippen LogP) is 1.09. The number of pyridine rings is 1. The first-order chi connectivity index (χ1) is 18.3. The zero-order chi connectivity index (χ0) is 28.5. The smallest absolute Gasteiger partial charge is 0.255 e. The van der Waals surface area contributed by atoms with Crippen LogP contribution in [0.25, 0.3) is 17.0 Å². The van der Waals surface area contributed by atoms with E-state index in [2.05, 4.69) is 4.98 Å². The van der Waals surface area contributed by atoms with Gasteiger partial charge in [0.05, 0.1) is 23.0 Å². The molecule has 0 unspecified atom stereocenters. The summed E-state index contributed by atoms with van der Waals surface area (Å²) < 4.78 is 0. The number of rotatable bonds is 4. The van der Waals surface area contributed by atoms with E-state index in [-0.39, 0.29) is 29.7 Å². The molecule has 1 saturated carbocycles. The summed E-state index contributed by atoms with van der Waals surface area (Å²) in [6, 6.07) is 5.99. The molecule has 1 heterocycles. The molecule has 0 saturated heterocycles. The minimum Gasteiger partial charge on any atom is -0.508 e. The number of phenolic OH excluding ortho intramolecular Hbond substituents is 1. The standard InChI is InChI=1S/C28H30N4O7/c1-31(2)17-11-13(16-7-5-6-8-30-16)14-9-12-10-15-21(32(3)4)24(35)20(27(29)38)26(37)28(15,39)25(36)18(12)23(34)19(14)22(17)33/h5-8,11-12,15,21,33-34,37,39H,9-10H2,1-4H3,(H2,29,38)/t12-,15-,21-,28-/m0/s1. The summed E-state index contributed by atoms with van der Waals surface area (Å²) in [5, 5.41) is 45.5. The first-order valence-corrected chi connectivity index (χ1v) is 12.4. The number of fused-ring (bicyclic) bond motifs is 3. The molecule has 0 bridgehead atoms. The van der Waals surface area contributed by atoms with Crippen molar-refractivity contribution in [3.05, 3.63) is 58.5 Å². The van der Waals surface area contributed by atoms with Crippen LogP contribution in [0.15, 0.2) is 47.4 Å². The number of Topliss-reactive ketones (excluding diaryl/α,β-unsaturated/α-hetero) is 2. The van der Waals surface area contributed by atoms with Gasteiger partial charge in [-0.15, -0.1) is 0 Å². The van der Waals surface area contributed by atoms with Crippen molar-refractivity contribution < 1.29 is 34.8 Å². The molecular formula is C28H30N4O7. The molecule has 39 heavy (non-hydrogen) atoms. The Morgan fingerprint density at radius 2 is 1.82 bits per heavy atom. The quantitative estimate of drug-likeness (QED) is 0.357. The van der Waals surface area contributed by atoms with E-state index < -0.39 is 58.0 Å². The number of amides is 1. The van der Waals surface area contributed by atoms with Gasteiger partial charge in [-0.05, 0) is 56.6 Å². The second-order valence-corrected chi connectivity index (χ2v) is 10.7. The number of carbonyl (C=O) groups is 3. The highest BCUT2D eigenvalue weighted by molar-refractivity contribution is 6.24. The Morgan fingerprint density at radius 1 is 1.13 bits per heavy atom. The van der Waals surface area contributed by atoms with Crippen molar-refractivity contribution in [3.8, 4) is 17.0 Å². The van der Waals surface area contributed by atoms with E-state index >= 15 is 0 Å². The van der Waals surface area contributed by atoms with Crippen molar-refractivity contribution in [1.82, 2.24) is 9.88 Å². The summed E-state index contributed by atoms with van der Waals surface area (Å²) in [4.78, 5) is 47.0. The van der Waals surface area contributed by atoms with Gasteiger partial charge in [0, 0.05) is 37.3 Å². The highest BCUT2D eigenvalue weighted by Gasteiger charge is 2.64. The number of nitrogens with two attached hydrogens (primary N) is 1. The van der Waals surface area contributed by atoms with Crippen LogP contribution in [0.2, 0.25) is 0 Å². The number of carbonyl (C=O) groups excluding carboxylic acids is 3. The summed E-state index contributed by atoms with van der Waals surface area (Å²) in [6.45, 7) is 0. The van der Waals surface area contributed by atoms with Crippen LogP contribution >= 0.6 is 0 Å². The summed E-state index contributed by atoms with van der Waals surface area (Å²) in [5.74, 6) is -6.82. The Labute approximate surface area is 224 Å². The molecule has 0 radical (unpaired) electrons. The Kier molecular flexibility index (Phi) is 6.04. The molecule has 1 aromatic heterocycles. The van der Waals surface area contributed by atoms with E-state index in [1.165, 1.54) is 4.90 Å². The molecule has 11 nitrogen and oxygen atoms in total. The summed E-state index contributed by atoms with van der Waals surface area (Å²) in [7, 11) is 6.56. The number of aromatic hydroxyl groups is 1. The third kappa shape index (κ3) is 3.57. The van der Waals surface area contributed by atoms with Crippen LogP contribution < -0.4 is 10.6 Å². The molecule has 1 amide bonds. The fraction of sp³-hybridized carbons (Fsp3) is 0.357. The number of hydrogen-bond donors (Lipinski definition) is 5. The minimum absolute atomic E-state index is 0.0175. The van der Waals surface area contributed by atoms with Crippen LogP contribution in [0.1, 0.15) is 17.5 Å². The molecule has 6 N–H and O–H groups in total. The van der Waals surface area contributed by atoms with Crippen LogP contribution in [0.4, 0.5) is 5.69 Å². The second kappa shape index (κ2) is 8.92. The average Bonchev–Trinajstić information content (AvgIpc) is 2.86. The summed E-state index contributed by atoms with van der Waals surface area (Å²) in [6.07, 6.45) is 1.82. The number of anilines is 1. The second-order valence-electron chi connectivity index (χ2n) is 10.7. The van der Waals surface area contributed by atoms with E-state index in [1.807, 2.05) is 6.07 Å². The Hall–Kier alpha value is -4.22. The maximum atomic E-state index is 14.0. The highest BCUT2D eigenvalue weighted by atomic mass is 16.3. The van der Waals surface area contributed by atoms with Crippen LogP contribution in [0.3, 0.4) is 0 Å². The zero-order valence-corrected chi connectivity index (χ0v) is 22.0. The monoisotopic (exact) mass is 534 g/mol. The first-order valence-electron chi connectivity index (χ1n) is 12.4. The van der Waals surface area contributed by atoms with Crippen LogP contribution in [0.5, 0.6) is 5.75 Å². The lowest BCUT2D eigenvalue weighted by Crippen LogP contribution is -2.65. The van der Waals surface area contributed by atoms with E-state index in [9.17, 15) is 34.8 Å². The molecule has 204 valence electrons. The van der Waals surface area contributed by atoms with Gasteiger partial charge in [0.2, 0.25) is 5.78 Å². The van der Waals surface area contributed by atoms with Crippen molar-refractivity contribution in [2.45, 2.75) is 24.5 Å². The van der Waals surface area contributed by atoms with Crippen molar-refractivity contribution in [2.75, 3.05) is 33.1 Å². The molecular weight excluding hydrogens is 504 g/mol. The van der Waals surface area contributed by atoms with Gasteiger partial charge in [-0.1, -0.05) is 6.07 Å². The third-order valence-corrected chi connectivity index (χ3v) is 8.12. The summed E-state index contributed by atoms with van der Waals surface area (Å²) in [5.41, 5.74) is 3.86. The lowest BCUT2D eigenvalue weighted by Gasteiger charge is -2.50. The fourth-order valence-electron chi connectivity index (χ4n) is 6.39. The topological polar surface area (TPSA) is 178 Å². The fourth-order valence-corrected chi connectivity index (χ4v) is 6.39. The third-order valence-electron chi connectivity index (χ3n) is 8.12. The molecule has 3 aliphatic carbocycles.